The summed E-state index contributed by atoms with van der Waals surface area (Å²) in [7, 11) is 3.11. The Bertz CT molecular complexity index is 1080. The van der Waals surface area contributed by atoms with Crippen molar-refractivity contribution in [2.45, 2.75) is 0 Å². The normalized spacial score (nSPS) is 11.4. The van der Waals surface area contributed by atoms with E-state index in [2.05, 4.69) is 9.97 Å². The quantitative estimate of drug-likeness (QED) is 0.616. The maximum atomic E-state index is 12.4. The fourth-order valence-electron chi connectivity index (χ4n) is 2.74. The molecule has 0 saturated carbocycles. The van der Waals surface area contributed by atoms with E-state index in [9.17, 15) is 4.79 Å². The van der Waals surface area contributed by atoms with E-state index >= 15 is 0 Å². The maximum Gasteiger partial charge on any atom is 0.257 e. The summed E-state index contributed by atoms with van der Waals surface area (Å²) in [5.41, 5.74) is 1.98. The van der Waals surface area contributed by atoms with Gasteiger partial charge in [-0.15, -0.1) is 0 Å². The van der Waals surface area contributed by atoms with Crippen LogP contribution in [-0.4, -0.2) is 28.6 Å². The average molecular weight is 295 g/mol. The van der Waals surface area contributed by atoms with E-state index in [0.29, 0.717) is 22.5 Å². The molecule has 0 aliphatic heterocycles. The molecule has 1 N–H and O–H groups in total. The number of benzene rings is 1. The minimum absolute atomic E-state index is 0.186. The number of hydrogen-bond acceptors (Lipinski definition) is 4. The second-order valence-electron chi connectivity index (χ2n) is 4.94. The van der Waals surface area contributed by atoms with Gasteiger partial charge >= 0.3 is 0 Å². The summed E-state index contributed by atoms with van der Waals surface area (Å²) >= 11 is 0. The van der Waals surface area contributed by atoms with Crippen LogP contribution < -0.4 is 15.0 Å². The van der Waals surface area contributed by atoms with Gasteiger partial charge in [-0.2, -0.15) is 0 Å². The Morgan fingerprint density at radius 3 is 2.55 bits per heavy atom. The van der Waals surface area contributed by atoms with Gasteiger partial charge in [-0.3, -0.25) is 9.20 Å². The number of aromatic nitrogens is 3. The highest BCUT2D eigenvalue weighted by Crippen LogP contribution is 2.33. The number of aromatic amines is 1. The third-order valence-electron chi connectivity index (χ3n) is 3.79. The molecular weight excluding hydrogens is 282 g/mol. The largest absolute Gasteiger partial charge is 0.493 e. The van der Waals surface area contributed by atoms with Crippen molar-refractivity contribution < 1.29 is 9.47 Å². The molecule has 22 heavy (non-hydrogen) atoms. The Labute approximate surface area is 124 Å². The fourth-order valence-corrected chi connectivity index (χ4v) is 2.74. The zero-order valence-electron chi connectivity index (χ0n) is 12.1. The molecule has 3 aromatic heterocycles. The van der Waals surface area contributed by atoms with Gasteiger partial charge < -0.3 is 14.5 Å². The van der Waals surface area contributed by atoms with Crippen LogP contribution in [0.2, 0.25) is 0 Å². The molecule has 110 valence electrons. The van der Waals surface area contributed by atoms with Gasteiger partial charge in [0, 0.05) is 11.6 Å². The molecule has 0 aliphatic carbocycles. The molecular formula is C16H13N3O3. The van der Waals surface area contributed by atoms with Gasteiger partial charge in [-0.05, 0) is 24.3 Å². The number of ether oxygens (including phenoxy) is 2. The molecule has 0 saturated heterocycles. The van der Waals surface area contributed by atoms with Crippen molar-refractivity contribution in [3.63, 3.8) is 0 Å². The van der Waals surface area contributed by atoms with E-state index in [1.165, 1.54) is 0 Å². The first-order chi connectivity index (χ1) is 10.7. The number of nitrogens with zero attached hydrogens (tertiary/aromatic N) is 2. The van der Waals surface area contributed by atoms with E-state index in [1.807, 2.05) is 28.8 Å². The number of hydrogen-bond donors (Lipinski definition) is 1. The summed E-state index contributed by atoms with van der Waals surface area (Å²) in [6.07, 6.45) is 1.87. The molecule has 0 spiro atoms. The van der Waals surface area contributed by atoms with Gasteiger partial charge in [0.15, 0.2) is 11.5 Å². The molecule has 0 unspecified atom stereocenters. The van der Waals surface area contributed by atoms with E-state index in [1.54, 1.807) is 26.4 Å². The Morgan fingerprint density at radius 1 is 1.09 bits per heavy atom. The molecule has 0 bridgehead atoms. The topological polar surface area (TPSA) is 68.6 Å². The lowest BCUT2D eigenvalue weighted by Gasteiger charge is -2.09. The van der Waals surface area contributed by atoms with Crippen molar-refractivity contribution in [2.24, 2.45) is 0 Å². The van der Waals surface area contributed by atoms with Crippen molar-refractivity contribution in [1.82, 2.24) is 14.4 Å². The van der Waals surface area contributed by atoms with Crippen LogP contribution >= 0.6 is 0 Å². The van der Waals surface area contributed by atoms with Gasteiger partial charge in [0.05, 0.1) is 19.6 Å². The van der Waals surface area contributed by atoms with Gasteiger partial charge in [0.2, 0.25) is 0 Å². The Balaban J connectivity index is 2.25. The highest BCUT2D eigenvalue weighted by atomic mass is 16.5. The van der Waals surface area contributed by atoms with Crippen molar-refractivity contribution in [3.05, 3.63) is 46.9 Å². The van der Waals surface area contributed by atoms with Crippen LogP contribution in [0.25, 0.3) is 27.6 Å². The number of H-pyrrole nitrogens is 1. The van der Waals surface area contributed by atoms with Crippen molar-refractivity contribution in [2.75, 3.05) is 14.2 Å². The third kappa shape index (κ3) is 1.60. The lowest BCUT2D eigenvalue weighted by Crippen LogP contribution is -2.07. The SMILES string of the molecule is COc1cc2c(=O)[nH]c3c(nc4ccccn43)c2cc1OC. The molecule has 0 aliphatic rings. The molecule has 0 amide bonds. The van der Waals surface area contributed by atoms with Crippen molar-refractivity contribution in [1.29, 1.82) is 0 Å². The van der Waals surface area contributed by atoms with Gasteiger partial charge in [0.1, 0.15) is 16.8 Å². The molecule has 4 aromatic rings. The Morgan fingerprint density at radius 2 is 1.82 bits per heavy atom. The number of rotatable bonds is 2. The van der Waals surface area contributed by atoms with Crippen LogP contribution in [0.1, 0.15) is 0 Å². The third-order valence-corrected chi connectivity index (χ3v) is 3.79. The van der Waals surface area contributed by atoms with Gasteiger partial charge in [-0.1, -0.05) is 6.07 Å². The van der Waals surface area contributed by atoms with Crippen LogP contribution in [0, 0.1) is 0 Å². The van der Waals surface area contributed by atoms with Crippen LogP contribution in [0.15, 0.2) is 41.3 Å². The molecule has 6 heteroatoms. The molecule has 1 aromatic carbocycles. The lowest BCUT2D eigenvalue weighted by atomic mass is 10.1. The summed E-state index contributed by atoms with van der Waals surface area (Å²) in [6, 6.07) is 9.16. The number of imidazole rings is 1. The summed E-state index contributed by atoms with van der Waals surface area (Å²) in [6.45, 7) is 0. The van der Waals surface area contributed by atoms with E-state index < -0.39 is 0 Å². The molecule has 0 radical (unpaired) electrons. The van der Waals surface area contributed by atoms with Gasteiger partial charge in [-0.25, -0.2) is 4.98 Å². The molecule has 6 nitrogen and oxygen atoms in total. The molecule has 0 atom stereocenters. The second kappa shape index (κ2) is 4.49. The number of fused-ring (bicyclic) bond motifs is 5. The zero-order valence-corrected chi connectivity index (χ0v) is 12.1. The number of pyridine rings is 2. The Kier molecular flexibility index (Phi) is 2.59. The van der Waals surface area contributed by atoms with Crippen molar-refractivity contribution in [3.8, 4) is 11.5 Å². The highest BCUT2D eigenvalue weighted by molar-refractivity contribution is 6.04. The Hall–Kier alpha value is -3.02. The van der Waals surface area contributed by atoms with E-state index in [-0.39, 0.29) is 5.56 Å². The van der Waals surface area contributed by atoms with Crippen LogP contribution in [0.4, 0.5) is 0 Å². The smallest absolute Gasteiger partial charge is 0.257 e. The molecule has 3 heterocycles. The van der Waals surface area contributed by atoms with Crippen LogP contribution in [0.5, 0.6) is 11.5 Å². The first-order valence-corrected chi connectivity index (χ1v) is 6.77. The highest BCUT2D eigenvalue weighted by Gasteiger charge is 2.15. The second-order valence-corrected chi connectivity index (χ2v) is 4.94. The lowest BCUT2D eigenvalue weighted by molar-refractivity contribution is 0.356. The summed E-state index contributed by atoms with van der Waals surface area (Å²) in [4.78, 5) is 19.9. The minimum atomic E-state index is -0.186. The predicted octanol–water partition coefficient (Wildman–Crippen LogP) is 2.35. The summed E-state index contributed by atoms with van der Waals surface area (Å²) in [5, 5.41) is 1.26. The number of methoxy groups -OCH3 is 2. The fraction of sp³-hybridized carbons (Fsp3) is 0.125. The monoisotopic (exact) mass is 295 g/mol. The first kappa shape index (κ1) is 12.7. The van der Waals surface area contributed by atoms with Crippen molar-refractivity contribution >= 4 is 27.6 Å². The molecule has 0 fully saturated rings. The van der Waals surface area contributed by atoms with E-state index in [4.69, 9.17) is 9.47 Å². The average Bonchev–Trinajstić information content (AvgIpc) is 2.92. The zero-order chi connectivity index (χ0) is 15.3. The summed E-state index contributed by atoms with van der Waals surface area (Å²) < 4.78 is 12.5. The molecule has 4 rings (SSSR count). The predicted molar refractivity (Wildman–Crippen MR) is 83.9 cm³/mol. The number of nitrogens with one attached hydrogen (secondary N) is 1. The van der Waals surface area contributed by atoms with Gasteiger partial charge in [0.25, 0.3) is 5.56 Å². The first-order valence-electron chi connectivity index (χ1n) is 6.77. The van der Waals surface area contributed by atoms with E-state index in [0.717, 1.165) is 16.6 Å². The van der Waals surface area contributed by atoms with Crippen LogP contribution in [0.3, 0.4) is 0 Å². The summed E-state index contributed by atoms with van der Waals surface area (Å²) in [5.74, 6) is 1.09. The maximum absolute atomic E-state index is 12.4. The van der Waals surface area contributed by atoms with Crippen LogP contribution in [-0.2, 0) is 0 Å². The standard InChI is InChI=1S/C16H13N3O3/c1-21-11-7-9-10(8-12(11)22-2)16(20)18-15-14(9)17-13-5-3-4-6-19(13)15/h3-8H,1-2H3,(H,18,20). The minimum Gasteiger partial charge on any atom is -0.493 e.